The summed E-state index contributed by atoms with van der Waals surface area (Å²) in [6.45, 7) is 4.66. The third-order valence-electron chi connectivity index (χ3n) is 0.724. The maximum atomic E-state index is 3.70. The fourth-order valence-electron chi connectivity index (χ4n) is 0.416. The van der Waals surface area contributed by atoms with Crippen LogP contribution in [0.25, 0.3) is 0 Å². The van der Waals surface area contributed by atoms with Crippen molar-refractivity contribution in [1.29, 1.82) is 0 Å². The molecule has 0 amide bonds. The van der Waals surface area contributed by atoms with Crippen molar-refractivity contribution in [2.45, 2.75) is 20.4 Å². The first-order chi connectivity index (χ1) is 4.93. The second-order valence-corrected chi connectivity index (χ2v) is 1.36. The average Bonchev–Trinajstić information content (AvgIpc) is 2.46. The van der Waals surface area contributed by atoms with E-state index in [0.717, 1.165) is 0 Å². The summed E-state index contributed by atoms with van der Waals surface area (Å²) in [5.74, 6) is 0.688. The molecule has 0 aliphatic rings. The van der Waals surface area contributed by atoms with Crippen LogP contribution in [-0.2, 0) is 6.54 Å². The largest absolute Gasteiger partial charge is 0.313 e. The van der Waals surface area contributed by atoms with Crippen LogP contribution < -0.4 is 5.32 Å². The molecule has 0 atom stereocenters. The van der Waals surface area contributed by atoms with Gasteiger partial charge in [0.2, 0.25) is 0 Å². The quantitative estimate of drug-likeness (QED) is 0.609. The van der Waals surface area contributed by atoms with E-state index >= 15 is 0 Å². The third-order valence-corrected chi connectivity index (χ3v) is 0.724. The standard InChI is InChI=1S/C3H7N5.C2H6/c1-4-2-3-5-7-8-6-3;1-2/h4H,2H2,1H3,(H,5,6,7,8);1-2H3. The molecule has 0 aliphatic carbocycles. The highest BCUT2D eigenvalue weighted by Gasteiger charge is 1.90. The molecule has 10 heavy (non-hydrogen) atoms. The smallest absolute Gasteiger partial charge is 0.188 e. The number of aromatic nitrogens is 4. The molecule has 0 fully saturated rings. The fraction of sp³-hybridized carbons (Fsp3) is 0.800. The highest BCUT2D eigenvalue weighted by Crippen LogP contribution is 1.76. The van der Waals surface area contributed by atoms with Crippen molar-refractivity contribution < 1.29 is 0 Å². The van der Waals surface area contributed by atoms with Crippen LogP contribution in [0.15, 0.2) is 0 Å². The first-order valence-corrected chi connectivity index (χ1v) is 3.30. The Morgan fingerprint density at radius 2 is 2.20 bits per heavy atom. The molecule has 1 heterocycles. The number of tetrazole rings is 1. The lowest BCUT2D eigenvalue weighted by atomic mass is 10.6. The summed E-state index contributed by atoms with van der Waals surface area (Å²) in [4.78, 5) is 0. The van der Waals surface area contributed by atoms with Gasteiger partial charge in [-0.05, 0) is 7.05 Å². The number of hydrogen-bond donors (Lipinski definition) is 2. The molecular weight excluding hydrogens is 130 g/mol. The minimum absolute atomic E-state index is 0.663. The number of rotatable bonds is 2. The summed E-state index contributed by atoms with van der Waals surface area (Å²) in [5, 5.41) is 16.0. The molecule has 0 aromatic carbocycles. The zero-order valence-corrected chi connectivity index (χ0v) is 6.55. The van der Waals surface area contributed by atoms with E-state index in [0.29, 0.717) is 12.4 Å². The highest BCUT2D eigenvalue weighted by atomic mass is 15.5. The van der Waals surface area contributed by atoms with Crippen LogP contribution in [0.2, 0.25) is 0 Å². The molecule has 2 N–H and O–H groups in total. The Morgan fingerprint density at radius 3 is 2.60 bits per heavy atom. The zero-order valence-electron chi connectivity index (χ0n) is 6.55. The van der Waals surface area contributed by atoms with Crippen LogP contribution in [0.1, 0.15) is 19.7 Å². The lowest BCUT2D eigenvalue weighted by Crippen LogP contribution is -2.06. The first kappa shape index (κ1) is 9.03. The molecule has 0 radical (unpaired) electrons. The summed E-state index contributed by atoms with van der Waals surface area (Å²) in [7, 11) is 1.83. The number of nitrogens with one attached hydrogen (secondary N) is 2. The van der Waals surface area contributed by atoms with E-state index in [-0.39, 0.29) is 0 Å². The van der Waals surface area contributed by atoms with Gasteiger partial charge in [0.05, 0.1) is 6.54 Å². The van der Waals surface area contributed by atoms with Gasteiger partial charge in [0.25, 0.3) is 0 Å². The van der Waals surface area contributed by atoms with E-state index < -0.39 is 0 Å². The van der Waals surface area contributed by atoms with Crippen LogP contribution in [-0.4, -0.2) is 27.7 Å². The van der Waals surface area contributed by atoms with Gasteiger partial charge in [0, 0.05) is 0 Å². The monoisotopic (exact) mass is 143 g/mol. The topological polar surface area (TPSA) is 66.5 Å². The summed E-state index contributed by atoms with van der Waals surface area (Å²) in [6, 6.07) is 0. The van der Waals surface area contributed by atoms with E-state index in [2.05, 4.69) is 25.9 Å². The van der Waals surface area contributed by atoms with Crippen LogP contribution in [0.3, 0.4) is 0 Å². The Kier molecular flexibility index (Phi) is 5.56. The van der Waals surface area contributed by atoms with Crippen LogP contribution in [0.5, 0.6) is 0 Å². The maximum Gasteiger partial charge on any atom is 0.188 e. The Balaban J connectivity index is 0.000000371. The van der Waals surface area contributed by atoms with Crippen LogP contribution in [0, 0.1) is 0 Å². The van der Waals surface area contributed by atoms with E-state index in [1.54, 1.807) is 0 Å². The Hall–Kier alpha value is -0.970. The van der Waals surface area contributed by atoms with Gasteiger partial charge in [-0.1, -0.05) is 19.1 Å². The Bertz CT molecular complexity index is 136. The summed E-state index contributed by atoms with van der Waals surface area (Å²) in [5.41, 5.74) is 0. The predicted molar refractivity (Wildman–Crippen MR) is 38.3 cm³/mol. The van der Waals surface area contributed by atoms with Gasteiger partial charge in [-0.3, -0.25) is 0 Å². The van der Waals surface area contributed by atoms with Gasteiger partial charge in [0.1, 0.15) is 0 Å². The van der Waals surface area contributed by atoms with Crippen molar-refractivity contribution in [1.82, 2.24) is 25.9 Å². The van der Waals surface area contributed by atoms with E-state index in [9.17, 15) is 0 Å². The van der Waals surface area contributed by atoms with Gasteiger partial charge < -0.3 is 5.32 Å². The van der Waals surface area contributed by atoms with Gasteiger partial charge in [-0.15, -0.1) is 10.2 Å². The molecule has 0 unspecified atom stereocenters. The Morgan fingerprint density at radius 1 is 1.50 bits per heavy atom. The molecule has 0 saturated carbocycles. The molecule has 5 nitrogen and oxygen atoms in total. The Labute approximate surface area is 60.2 Å². The minimum Gasteiger partial charge on any atom is -0.313 e. The van der Waals surface area contributed by atoms with Gasteiger partial charge in [-0.2, -0.15) is 5.21 Å². The van der Waals surface area contributed by atoms with Crippen molar-refractivity contribution in [3.63, 3.8) is 0 Å². The molecule has 0 saturated heterocycles. The maximum absolute atomic E-state index is 3.70. The second kappa shape index (κ2) is 6.15. The number of H-pyrrole nitrogens is 1. The SMILES string of the molecule is CC.CNCc1nn[nH]n1. The second-order valence-electron chi connectivity index (χ2n) is 1.36. The molecule has 0 spiro atoms. The predicted octanol–water partition coefficient (Wildman–Crippen LogP) is -0.0547. The minimum atomic E-state index is 0.663. The van der Waals surface area contributed by atoms with Gasteiger partial charge >= 0.3 is 0 Å². The molecule has 1 aromatic heterocycles. The molecule has 5 heteroatoms. The number of nitrogens with zero attached hydrogens (tertiary/aromatic N) is 3. The fourth-order valence-corrected chi connectivity index (χ4v) is 0.416. The lowest BCUT2D eigenvalue weighted by molar-refractivity contribution is 0.761. The van der Waals surface area contributed by atoms with E-state index in [1.807, 2.05) is 20.9 Å². The van der Waals surface area contributed by atoms with E-state index in [1.165, 1.54) is 0 Å². The molecular formula is C5H13N5. The normalized spacial score (nSPS) is 8.30. The van der Waals surface area contributed by atoms with Crippen LogP contribution >= 0.6 is 0 Å². The molecule has 0 bridgehead atoms. The molecule has 0 aliphatic heterocycles. The summed E-state index contributed by atoms with van der Waals surface area (Å²) in [6.07, 6.45) is 0. The van der Waals surface area contributed by atoms with Gasteiger partial charge in [-0.25, -0.2) is 0 Å². The first-order valence-electron chi connectivity index (χ1n) is 3.30. The molecule has 1 rings (SSSR count). The van der Waals surface area contributed by atoms with Crippen molar-refractivity contribution in [3.05, 3.63) is 5.82 Å². The van der Waals surface area contributed by atoms with Crippen molar-refractivity contribution in [2.24, 2.45) is 0 Å². The van der Waals surface area contributed by atoms with E-state index in [4.69, 9.17) is 0 Å². The highest BCUT2D eigenvalue weighted by molar-refractivity contribution is 4.72. The lowest BCUT2D eigenvalue weighted by Gasteiger charge is -1.85. The van der Waals surface area contributed by atoms with Crippen molar-refractivity contribution in [3.8, 4) is 0 Å². The third kappa shape index (κ3) is 3.13. The summed E-state index contributed by atoms with van der Waals surface area (Å²) >= 11 is 0. The molecule has 1 aromatic rings. The summed E-state index contributed by atoms with van der Waals surface area (Å²) < 4.78 is 0. The van der Waals surface area contributed by atoms with Gasteiger partial charge in [0.15, 0.2) is 5.82 Å². The number of hydrogen-bond acceptors (Lipinski definition) is 4. The zero-order chi connectivity index (χ0) is 7.82. The van der Waals surface area contributed by atoms with Crippen LogP contribution in [0.4, 0.5) is 0 Å². The van der Waals surface area contributed by atoms with Crippen molar-refractivity contribution >= 4 is 0 Å². The molecule has 58 valence electrons. The van der Waals surface area contributed by atoms with Crippen molar-refractivity contribution in [2.75, 3.05) is 7.05 Å². The average molecular weight is 143 g/mol. The number of aromatic amines is 1.